The van der Waals surface area contributed by atoms with Gasteiger partial charge in [0, 0.05) is 4.88 Å². The lowest BCUT2D eigenvalue weighted by Crippen LogP contribution is -2.35. The van der Waals surface area contributed by atoms with E-state index in [9.17, 15) is 14.4 Å². The number of methoxy groups -OCH3 is 1. The van der Waals surface area contributed by atoms with Crippen LogP contribution in [0.1, 0.15) is 47.5 Å². The molecule has 1 aliphatic rings. The van der Waals surface area contributed by atoms with E-state index in [1.54, 1.807) is 7.05 Å². The summed E-state index contributed by atoms with van der Waals surface area (Å²) in [4.78, 5) is 38.2. The molecule has 2 aromatic rings. The average molecular weight is 427 g/mol. The van der Waals surface area contributed by atoms with Crippen molar-refractivity contribution in [2.75, 3.05) is 12.4 Å². The van der Waals surface area contributed by atoms with E-state index < -0.39 is 16.8 Å². The molecule has 3 rings (SSSR count). The summed E-state index contributed by atoms with van der Waals surface area (Å²) < 4.78 is 11.1. The molecule has 0 aromatic carbocycles. The second-order valence-electron chi connectivity index (χ2n) is 6.90. The van der Waals surface area contributed by atoms with Crippen molar-refractivity contribution in [2.45, 2.75) is 49.8 Å². The number of esters is 1. The summed E-state index contributed by atoms with van der Waals surface area (Å²) in [5.41, 5.74) is 0.938. The molecule has 0 saturated carbocycles. The minimum absolute atomic E-state index is 0.259. The number of nitrogens with zero attached hydrogens (tertiary/aromatic N) is 1. The van der Waals surface area contributed by atoms with Crippen molar-refractivity contribution < 1.29 is 23.5 Å². The van der Waals surface area contributed by atoms with Gasteiger partial charge in [-0.05, 0) is 54.2 Å². The zero-order chi connectivity index (χ0) is 20.4. The molecule has 28 heavy (non-hydrogen) atoms. The van der Waals surface area contributed by atoms with Crippen LogP contribution >= 0.6 is 23.1 Å². The number of aryl methyl sites for hydroxylation is 1. The van der Waals surface area contributed by atoms with Crippen molar-refractivity contribution in [2.24, 2.45) is 13.0 Å². The number of amides is 1. The number of thioether (sulfide) groups is 1. The third-order valence-corrected chi connectivity index (χ3v) is 7.48. The Kier molecular flexibility index (Phi) is 6.29. The number of H-pyrrole nitrogens is 1. The molecule has 0 radical (unpaired) electrons. The third-order valence-electron chi connectivity index (χ3n) is 4.81. The van der Waals surface area contributed by atoms with Gasteiger partial charge in [0.2, 0.25) is 5.91 Å². The number of rotatable bonds is 6. The highest BCUT2D eigenvalue weighted by molar-refractivity contribution is 8.00. The predicted molar refractivity (Wildman–Crippen MR) is 106 cm³/mol. The van der Waals surface area contributed by atoms with Gasteiger partial charge in [-0.1, -0.05) is 18.5 Å². The number of nitrogens with one attached hydrogen (secondary N) is 2. The SMILES string of the molecule is CCC(Sc1c(=O)o[nH][n+]1C)C(=O)Nc1sc2c(c1C(=O)OC)CCC(C)C2. The number of carbonyl (C=O) groups excluding carboxylic acids is 2. The quantitative estimate of drug-likeness (QED) is 0.417. The largest absolute Gasteiger partial charge is 0.465 e. The first kappa shape index (κ1) is 20.7. The Morgan fingerprint density at radius 2 is 2.25 bits per heavy atom. The number of aromatic amines is 1. The van der Waals surface area contributed by atoms with Gasteiger partial charge in [0.1, 0.15) is 5.00 Å². The Hall–Kier alpha value is -2.07. The van der Waals surface area contributed by atoms with Gasteiger partial charge in [-0.2, -0.15) is 0 Å². The fourth-order valence-corrected chi connectivity index (χ4v) is 5.60. The van der Waals surface area contributed by atoms with Gasteiger partial charge in [-0.3, -0.25) is 9.32 Å². The van der Waals surface area contributed by atoms with Crippen LogP contribution in [0.2, 0.25) is 0 Å². The first-order valence-electron chi connectivity index (χ1n) is 9.13. The van der Waals surface area contributed by atoms with Gasteiger partial charge in [-0.25, -0.2) is 9.59 Å². The number of aromatic nitrogens is 2. The van der Waals surface area contributed by atoms with Crippen molar-refractivity contribution in [1.82, 2.24) is 5.27 Å². The first-order chi connectivity index (χ1) is 13.3. The van der Waals surface area contributed by atoms with E-state index in [-0.39, 0.29) is 5.91 Å². The number of thiophene rings is 1. The summed E-state index contributed by atoms with van der Waals surface area (Å²) in [6.45, 7) is 4.05. The number of carbonyl (C=O) groups is 2. The van der Waals surface area contributed by atoms with E-state index in [4.69, 9.17) is 9.26 Å². The molecular formula is C18H24N3O5S2+. The Bertz CT molecular complexity index is 946. The highest BCUT2D eigenvalue weighted by Gasteiger charge is 2.32. The van der Waals surface area contributed by atoms with Crippen LogP contribution in [0.25, 0.3) is 0 Å². The molecule has 0 fully saturated rings. The second kappa shape index (κ2) is 8.52. The molecule has 8 nitrogen and oxygen atoms in total. The van der Waals surface area contributed by atoms with Crippen molar-refractivity contribution in [1.29, 1.82) is 0 Å². The Morgan fingerprint density at radius 3 is 2.86 bits per heavy atom. The number of anilines is 1. The minimum atomic E-state index is -0.519. The molecule has 0 saturated heterocycles. The highest BCUT2D eigenvalue weighted by atomic mass is 32.2. The van der Waals surface area contributed by atoms with Crippen molar-refractivity contribution >= 4 is 40.0 Å². The van der Waals surface area contributed by atoms with Crippen molar-refractivity contribution in [3.63, 3.8) is 0 Å². The summed E-state index contributed by atoms with van der Waals surface area (Å²) in [6, 6.07) is 0. The van der Waals surface area contributed by atoms with E-state index in [1.807, 2.05) is 6.92 Å². The smallest absolute Gasteiger partial charge is 0.441 e. The van der Waals surface area contributed by atoms with E-state index in [2.05, 4.69) is 17.5 Å². The lowest BCUT2D eigenvalue weighted by Gasteiger charge is -2.18. The molecule has 0 bridgehead atoms. The zero-order valence-electron chi connectivity index (χ0n) is 16.3. The summed E-state index contributed by atoms with van der Waals surface area (Å²) in [5, 5.41) is 5.68. The van der Waals surface area contributed by atoms with Crippen LogP contribution in [-0.2, 0) is 29.4 Å². The van der Waals surface area contributed by atoms with Crippen LogP contribution in [0.4, 0.5) is 5.00 Å². The fourth-order valence-electron chi connectivity index (χ4n) is 3.27. The second-order valence-corrected chi connectivity index (χ2v) is 9.19. The highest BCUT2D eigenvalue weighted by Crippen LogP contribution is 2.40. The van der Waals surface area contributed by atoms with E-state index in [1.165, 1.54) is 23.1 Å². The normalized spacial score (nSPS) is 17.1. The lowest BCUT2D eigenvalue weighted by molar-refractivity contribution is -0.772. The average Bonchev–Trinajstić information content (AvgIpc) is 3.18. The standard InChI is InChI=1S/C18H23N3O5S2/c1-5-11(28-16-18(24)26-20-21(16)3)14(22)19-15-13(17(23)25-4)10-7-6-9(2)8-12(10)27-15/h9,11H,5-8H2,1-4H3,(H-,19,20,22,23,24)/p+1. The molecular weight excluding hydrogens is 402 g/mol. The fraction of sp³-hybridized carbons (Fsp3) is 0.556. The summed E-state index contributed by atoms with van der Waals surface area (Å²) >= 11 is 2.58. The molecule has 2 aromatic heterocycles. The molecule has 152 valence electrons. The number of hydrogen-bond acceptors (Lipinski definition) is 7. The number of fused-ring (bicyclic) bond motifs is 1. The van der Waals surface area contributed by atoms with Crippen LogP contribution in [0.3, 0.4) is 0 Å². The Labute approximate surface area is 170 Å². The zero-order valence-corrected chi connectivity index (χ0v) is 17.9. The molecule has 2 unspecified atom stereocenters. The van der Waals surface area contributed by atoms with Crippen LogP contribution < -0.4 is 15.6 Å². The van der Waals surface area contributed by atoms with Crippen LogP contribution in [-0.4, -0.2) is 29.5 Å². The first-order valence-corrected chi connectivity index (χ1v) is 10.8. The number of hydrogen-bond donors (Lipinski definition) is 2. The topological polar surface area (TPSA) is 105 Å². The van der Waals surface area contributed by atoms with Crippen LogP contribution in [0.5, 0.6) is 0 Å². The number of ether oxygens (including phenoxy) is 1. The summed E-state index contributed by atoms with van der Waals surface area (Å²) in [6.07, 6.45) is 3.22. The molecule has 0 spiro atoms. The van der Waals surface area contributed by atoms with Gasteiger partial charge in [0.15, 0.2) is 7.05 Å². The van der Waals surface area contributed by atoms with Crippen LogP contribution in [0, 0.1) is 5.92 Å². The summed E-state index contributed by atoms with van der Waals surface area (Å²) in [7, 11) is 2.99. The maximum absolute atomic E-state index is 12.9. The van der Waals surface area contributed by atoms with Gasteiger partial charge < -0.3 is 10.1 Å². The molecule has 1 amide bonds. The van der Waals surface area contributed by atoms with Crippen molar-refractivity contribution in [3.05, 3.63) is 26.4 Å². The lowest BCUT2D eigenvalue weighted by atomic mass is 9.88. The summed E-state index contributed by atoms with van der Waals surface area (Å²) in [5.74, 6) is -0.141. The van der Waals surface area contributed by atoms with Gasteiger partial charge in [0.05, 0.1) is 17.9 Å². The van der Waals surface area contributed by atoms with E-state index in [0.29, 0.717) is 27.9 Å². The molecule has 0 aliphatic heterocycles. The van der Waals surface area contributed by atoms with E-state index in [0.717, 1.165) is 41.5 Å². The van der Waals surface area contributed by atoms with E-state index >= 15 is 0 Å². The third kappa shape index (κ3) is 4.02. The molecule has 2 N–H and O–H groups in total. The molecule has 2 heterocycles. The van der Waals surface area contributed by atoms with Gasteiger partial charge in [0.25, 0.3) is 0 Å². The predicted octanol–water partition coefficient (Wildman–Crippen LogP) is 2.27. The molecule has 1 aliphatic carbocycles. The maximum Gasteiger partial charge on any atom is 0.441 e. The Balaban J connectivity index is 1.86. The van der Waals surface area contributed by atoms with Crippen LogP contribution in [0.15, 0.2) is 14.3 Å². The Morgan fingerprint density at radius 1 is 1.50 bits per heavy atom. The van der Waals surface area contributed by atoms with Gasteiger partial charge >= 0.3 is 16.6 Å². The van der Waals surface area contributed by atoms with Crippen molar-refractivity contribution in [3.8, 4) is 0 Å². The maximum atomic E-state index is 12.9. The monoisotopic (exact) mass is 426 g/mol. The molecule has 2 atom stereocenters. The minimum Gasteiger partial charge on any atom is -0.465 e. The molecule has 10 heteroatoms. The van der Waals surface area contributed by atoms with Gasteiger partial charge in [-0.15, -0.1) is 11.3 Å².